The first-order valence-electron chi connectivity index (χ1n) is 12.1. The zero-order chi connectivity index (χ0) is 24.8. The van der Waals surface area contributed by atoms with Crippen molar-refractivity contribution in [2.75, 3.05) is 32.2 Å². The van der Waals surface area contributed by atoms with Gasteiger partial charge in [-0.15, -0.1) is 12.4 Å². The highest BCUT2D eigenvalue weighted by molar-refractivity contribution is 6.06. The van der Waals surface area contributed by atoms with Gasteiger partial charge in [0.15, 0.2) is 0 Å². The molecule has 0 aliphatic carbocycles. The van der Waals surface area contributed by atoms with E-state index in [0.29, 0.717) is 18.7 Å². The fourth-order valence-corrected chi connectivity index (χ4v) is 4.07. The number of pyridine rings is 1. The van der Waals surface area contributed by atoms with Gasteiger partial charge in [0, 0.05) is 49.6 Å². The van der Waals surface area contributed by atoms with Crippen LogP contribution in [0.25, 0.3) is 10.9 Å². The molecular weight excluding hydrogens is 478 g/mol. The molecule has 1 fully saturated rings. The molecule has 1 atom stereocenters. The minimum Gasteiger partial charge on any atom is -0.491 e. The predicted octanol–water partition coefficient (Wildman–Crippen LogP) is 5.29. The maximum atomic E-state index is 12.8. The van der Waals surface area contributed by atoms with Crippen LogP contribution in [-0.2, 0) is 16.0 Å². The van der Waals surface area contributed by atoms with Crippen LogP contribution < -0.4 is 15.4 Å². The Kier molecular flexibility index (Phi) is 9.68. The van der Waals surface area contributed by atoms with Crippen LogP contribution in [0, 0.1) is 6.92 Å². The van der Waals surface area contributed by atoms with Crippen molar-refractivity contribution in [1.82, 2.24) is 10.3 Å². The molecule has 194 valence electrons. The van der Waals surface area contributed by atoms with Gasteiger partial charge in [0.05, 0.1) is 17.2 Å². The van der Waals surface area contributed by atoms with Crippen molar-refractivity contribution in [2.45, 2.75) is 51.9 Å². The Morgan fingerprint density at radius 3 is 2.67 bits per heavy atom. The molecule has 8 heteroatoms. The Labute approximate surface area is 219 Å². The van der Waals surface area contributed by atoms with Crippen LogP contribution in [0.15, 0.2) is 48.7 Å². The number of amides is 1. The first kappa shape index (κ1) is 27.9. The average Bonchev–Trinajstić information content (AvgIpc) is 3.38. The van der Waals surface area contributed by atoms with Gasteiger partial charge in [0.25, 0.3) is 5.91 Å². The van der Waals surface area contributed by atoms with Crippen LogP contribution in [0.4, 0.5) is 5.69 Å². The summed E-state index contributed by atoms with van der Waals surface area (Å²) < 4.78 is 16.8. The number of aryl methyl sites for hydroxylation is 1. The standard InChI is InChI=1S/C28H35N3O4.ClH/c1-19-25(12-9-22-14-20(16-30-26(19)22)15-29-18-28(2,3)33-4)31-27(32)21-7-10-23(11-8-21)35-17-24-6-5-13-34-24;/h7-12,14,16,24,29H,5-6,13,15,17-18H2,1-4H3,(H,31,32);1H. The van der Waals surface area contributed by atoms with Crippen molar-refractivity contribution >= 4 is 34.9 Å². The molecule has 1 amide bonds. The van der Waals surface area contributed by atoms with Gasteiger partial charge in [-0.3, -0.25) is 9.78 Å². The number of rotatable bonds is 10. The Bertz CT molecular complexity index is 1160. The Morgan fingerprint density at radius 2 is 1.97 bits per heavy atom. The maximum absolute atomic E-state index is 12.8. The van der Waals surface area contributed by atoms with Crippen LogP contribution in [-0.4, -0.2) is 49.5 Å². The number of hydrogen-bond acceptors (Lipinski definition) is 6. The van der Waals surface area contributed by atoms with Crippen molar-refractivity contribution in [1.29, 1.82) is 0 Å². The number of nitrogens with one attached hydrogen (secondary N) is 2. The average molecular weight is 514 g/mol. The van der Waals surface area contributed by atoms with Gasteiger partial charge in [-0.05, 0) is 81.1 Å². The molecule has 0 spiro atoms. The van der Waals surface area contributed by atoms with E-state index in [1.165, 1.54) is 0 Å². The number of hydrogen-bond donors (Lipinski definition) is 2. The lowest BCUT2D eigenvalue weighted by atomic mass is 10.1. The molecule has 1 aromatic heterocycles. The topological polar surface area (TPSA) is 81.7 Å². The van der Waals surface area contributed by atoms with E-state index in [1.54, 1.807) is 19.2 Å². The van der Waals surface area contributed by atoms with Crippen molar-refractivity contribution in [3.05, 3.63) is 65.4 Å². The minimum absolute atomic E-state index is 0. The highest BCUT2D eigenvalue weighted by Gasteiger charge is 2.17. The summed E-state index contributed by atoms with van der Waals surface area (Å²) in [4.78, 5) is 17.5. The molecular formula is C28H36ClN3O4. The van der Waals surface area contributed by atoms with E-state index in [0.717, 1.165) is 59.5 Å². The third-order valence-corrected chi connectivity index (χ3v) is 6.42. The molecule has 0 saturated carbocycles. The predicted molar refractivity (Wildman–Crippen MR) is 145 cm³/mol. The lowest BCUT2D eigenvalue weighted by molar-refractivity contribution is 0.0230. The molecule has 1 saturated heterocycles. The maximum Gasteiger partial charge on any atom is 0.255 e. The Morgan fingerprint density at radius 1 is 1.19 bits per heavy atom. The number of fused-ring (bicyclic) bond motifs is 1. The number of aromatic nitrogens is 1. The van der Waals surface area contributed by atoms with Gasteiger partial charge >= 0.3 is 0 Å². The molecule has 0 bridgehead atoms. The summed E-state index contributed by atoms with van der Waals surface area (Å²) in [6.45, 7) is 8.87. The molecule has 36 heavy (non-hydrogen) atoms. The fourth-order valence-electron chi connectivity index (χ4n) is 4.07. The minimum atomic E-state index is -0.217. The Balaban J connectivity index is 0.00000361. The zero-order valence-electron chi connectivity index (χ0n) is 21.4. The van der Waals surface area contributed by atoms with Gasteiger partial charge in [0.1, 0.15) is 12.4 Å². The van der Waals surface area contributed by atoms with E-state index < -0.39 is 0 Å². The van der Waals surface area contributed by atoms with E-state index in [2.05, 4.69) is 21.7 Å². The van der Waals surface area contributed by atoms with Gasteiger partial charge in [-0.25, -0.2) is 0 Å². The highest BCUT2D eigenvalue weighted by atomic mass is 35.5. The van der Waals surface area contributed by atoms with Crippen LogP contribution in [0.2, 0.25) is 0 Å². The first-order chi connectivity index (χ1) is 16.8. The first-order valence-corrected chi connectivity index (χ1v) is 12.1. The number of halogens is 1. The van der Waals surface area contributed by atoms with Gasteiger partial charge in [-0.2, -0.15) is 0 Å². The summed E-state index contributed by atoms with van der Waals surface area (Å²) in [7, 11) is 1.72. The number of nitrogens with zero attached hydrogens (tertiary/aromatic N) is 1. The monoisotopic (exact) mass is 513 g/mol. The van der Waals surface area contributed by atoms with E-state index in [9.17, 15) is 4.79 Å². The molecule has 2 N–H and O–H groups in total. The molecule has 2 aromatic carbocycles. The lowest BCUT2D eigenvalue weighted by Gasteiger charge is -2.23. The van der Waals surface area contributed by atoms with Gasteiger partial charge < -0.3 is 24.8 Å². The second-order valence-electron chi connectivity index (χ2n) is 9.65. The largest absolute Gasteiger partial charge is 0.491 e. The molecule has 3 aromatic rings. The third kappa shape index (κ3) is 7.17. The fraction of sp³-hybridized carbons (Fsp3) is 0.429. The summed E-state index contributed by atoms with van der Waals surface area (Å²) in [6, 6.07) is 13.3. The lowest BCUT2D eigenvalue weighted by Crippen LogP contribution is -2.36. The van der Waals surface area contributed by atoms with Crippen LogP contribution in [0.5, 0.6) is 5.75 Å². The molecule has 7 nitrogen and oxygen atoms in total. The number of anilines is 1. The summed E-state index contributed by atoms with van der Waals surface area (Å²) in [5.74, 6) is 0.568. The Hall–Kier alpha value is -2.71. The second-order valence-corrected chi connectivity index (χ2v) is 9.65. The van der Waals surface area contributed by atoms with Gasteiger partial charge in [0.2, 0.25) is 0 Å². The smallest absolute Gasteiger partial charge is 0.255 e. The molecule has 4 rings (SSSR count). The van der Waals surface area contributed by atoms with E-state index >= 15 is 0 Å². The quantitative estimate of drug-likeness (QED) is 0.383. The summed E-state index contributed by atoms with van der Waals surface area (Å²) >= 11 is 0. The van der Waals surface area contributed by atoms with E-state index in [1.807, 2.05) is 51.2 Å². The summed E-state index contributed by atoms with van der Waals surface area (Å²) in [5, 5.41) is 7.48. The van der Waals surface area contributed by atoms with Crippen LogP contribution in [0.3, 0.4) is 0 Å². The molecule has 1 aliphatic heterocycles. The highest BCUT2D eigenvalue weighted by Crippen LogP contribution is 2.25. The zero-order valence-corrected chi connectivity index (χ0v) is 22.2. The molecule has 1 unspecified atom stereocenters. The van der Waals surface area contributed by atoms with Crippen molar-refractivity contribution in [3.8, 4) is 5.75 Å². The number of ether oxygens (including phenoxy) is 3. The van der Waals surface area contributed by atoms with Crippen molar-refractivity contribution < 1.29 is 19.0 Å². The number of carbonyl (C=O) groups excluding carboxylic acids is 1. The summed E-state index contributed by atoms with van der Waals surface area (Å²) in [5.41, 5.74) is 4.02. The molecule has 1 aliphatic rings. The number of methoxy groups -OCH3 is 1. The van der Waals surface area contributed by atoms with Crippen LogP contribution in [0.1, 0.15) is 48.2 Å². The van der Waals surface area contributed by atoms with E-state index in [4.69, 9.17) is 14.2 Å². The number of carbonyl (C=O) groups is 1. The SMILES string of the molecule is COC(C)(C)CNCc1cnc2c(C)c(NC(=O)c3ccc(OCC4CCCO4)cc3)ccc2c1.Cl. The van der Waals surface area contributed by atoms with Crippen LogP contribution >= 0.6 is 12.4 Å². The third-order valence-electron chi connectivity index (χ3n) is 6.42. The second kappa shape index (κ2) is 12.5. The van der Waals surface area contributed by atoms with E-state index in [-0.39, 0.29) is 30.0 Å². The van der Waals surface area contributed by atoms with Crippen molar-refractivity contribution in [3.63, 3.8) is 0 Å². The molecule has 2 heterocycles. The molecule has 0 radical (unpaired) electrons. The normalized spacial score (nSPS) is 15.5. The van der Waals surface area contributed by atoms with Crippen molar-refractivity contribution in [2.24, 2.45) is 0 Å². The van der Waals surface area contributed by atoms with Gasteiger partial charge in [-0.1, -0.05) is 6.07 Å². The summed E-state index contributed by atoms with van der Waals surface area (Å²) in [6.07, 6.45) is 4.16. The number of benzene rings is 2.